The standard InChI is InChI=1S/C82H51BN4/c1-9-25-52(26-10-1)60-45-65(56-33-17-5-18-34-56)75-71(47-60)86-73-49-62(82-84-69(58-37-21-7-22-38-58)51-70(85-82)59-39-23-8-24-40-59)50-74-79(73)83(67-43-41-63(77(75)80(67)86)54-29-13-3-14-30-54)68-44-42-64(55-31-15-4-16-32-55)78-76-66(57-35-19-6-20-36-57)46-61(53-27-11-2-12-28-53)48-72(76)87(74)81(68)78/h1-51H. The molecule has 0 saturated carbocycles. The van der Waals surface area contributed by atoms with Crippen molar-refractivity contribution in [2.45, 2.75) is 0 Å². The molecule has 0 spiro atoms. The Bertz CT molecular complexity index is 5060. The van der Waals surface area contributed by atoms with Gasteiger partial charge >= 0.3 is 0 Å². The van der Waals surface area contributed by atoms with Gasteiger partial charge in [0.1, 0.15) is 0 Å². The van der Waals surface area contributed by atoms with Gasteiger partial charge in [-0.2, -0.15) is 0 Å². The maximum atomic E-state index is 5.64. The Morgan fingerprint density at radius 3 is 0.920 bits per heavy atom. The number of nitrogens with zero attached hydrogens (tertiary/aromatic N) is 4. The van der Waals surface area contributed by atoms with Gasteiger partial charge in [0.05, 0.1) is 33.5 Å². The molecule has 87 heavy (non-hydrogen) atoms. The highest BCUT2D eigenvalue weighted by atomic mass is 15.0. The van der Waals surface area contributed by atoms with E-state index in [-0.39, 0.29) is 6.71 Å². The third-order valence-corrected chi connectivity index (χ3v) is 18.3. The number of aromatic nitrogens is 4. The SMILES string of the molecule is c1ccc(-c2cc(-c3ccccc3)c3c4c(-c5ccccc5)ccc5c4n(c3c2)-c2cc(-c3nc(-c4ccccc4)cc(-c4ccccc4)n3)cc3c2B5c2ccc(-c4ccccc4)c4c5c(-c6ccccc6)cc(-c6ccccc6)cc5n-3c24)cc1. The summed E-state index contributed by atoms with van der Waals surface area (Å²) in [6.07, 6.45) is 0. The second-order valence-corrected chi connectivity index (χ2v) is 23.1. The van der Waals surface area contributed by atoms with Crippen molar-refractivity contribution in [1.29, 1.82) is 0 Å². The first-order valence-electron chi connectivity index (χ1n) is 30.0. The van der Waals surface area contributed by atoms with Crippen molar-refractivity contribution in [3.63, 3.8) is 0 Å². The Morgan fingerprint density at radius 2 is 0.563 bits per heavy atom. The van der Waals surface area contributed by atoms with E-state index in [1.807, 2.05) is 0 Å². The minimum absolute atomic E-state index is 0.170. The lowest BCUT2D eigenvalue weighted by Crippen LogP contribution is -2.59. The highest BCUT2D eigenvalue weighted by Crippen LogP contribution is 2.50. The molecule has 0 amide bonds. The third kappa shape index (κ3) is 7.66. The first-order valence-corrected chi connectivity index (χ1v) is 30.0. The summed E-state index contributed by atoms with van der Waals surface area (Å²) in [5.41, 5.74) is 29.5. The molecular formula is C82H51BN4. The lowest BCUT2D eigenvalue weighted by molar-refractivity contribution is 1.13. The van der Waals surface area contributed by atoms with Gasteiger partial charge in [-0.25, -0.2) is 9.97 Å². The summed E-state index contributed by atoms with van der Waals surface area (Å²) in [6, 6.07) is 114. The van der Waals surface area contributed by atoms with Crippen LogP contribution in [0.4, 0.5) is 0 Å². The van der Waals surface area contributed by atoms with E-state index in [1.165, 1.54) is 93.5 Å². The summed E-state index contributed by atoms with van der Waals surface area (Å²) in [5.74, 6) is 0.656. The van der Waals surface area contributed by atoms with Crippen LogP contribution in [0.25, 0.3) is 156 Å². The summed E-state index contributed by atoms with van der Waals surface area (Å²) in [6.45, 7) is -0.170. The molecule has 0 bridgehead atoms. The monoisotopic (exact) mass is 1100 g/mol. The Kier molecular flexibility index (Phi) is 11.1. The van der Waals surface area contributed by atoms with E-state index < -0.39 is 0 Å². The average Bonchev–Trinajstić information content (AvgIpc) is 1.57. The molecule has 0 unspecified atom stereocenters. The smallest absolute Gasteiger partial charge is 0.252 e. The van der Waals surface area contributed by atoms with E-state index in [9.17, 15) is 0 Å². The van der Waals surface area contributed by atoms with Crippen LogP contribution in [-0.2, 0) is 0 Å². The van der Waals surface area contributed by atoms with Gasteiger partial charge in [-0.1, -0.05) is 267 Å². The molecule has 13 aromatic carbocycles. The molecule has 4 nitrogen and oxygen atoms in total. The molecule has 0 N–H and O–H groups in total. The van der Waals surface area contributed by atoms with E-state index in [2.05, 4.69) is 319 Å². The van der Waals surface area contributed by atoms with Crippen molar-refractivity contribution >= 4 is 66.7 Å². The predicted octanol–water partition coefficient (Wildman–Crippen LogP) is 18.8. The molecular weight excluding hydrogens is 1050 g/mol. The first kappa shape index (κ1) is 49.1. The van der Waals surface area contributed by atoms with Crippen LogP contribution in [0, 0.1) is 0 Å². The van der Waals surface area contributed by atoms with Crippen LogP contribution < -0.4 is 16.4 Å². The largest absolute Gasteiger partial charge is 0.310 e. The van der Waals surface area contributed by atoms with Crippen LogP contribution >= 0.6 is 0 Å². The molecule has 0 fully saturated rings. The first-order chi connectivity index (χ1) is 43.2. The van der Waals surface area contributed by atoms with Crippen LogP contribution in [0.2, 0.25) is 0 Å². The van der Waals surface area contributed by atoms with Crippen molar-refractivity contribution in [1.82, 2.24) is 19.1 Å². The van der Waals surface area contributed by atoms with Crippen molar-refractivity contribution < 1.29 is 0 Å². The summed E-state index contributed by atoms with van der Waals surface area (Å²) in [4.78, 5) is 11.3. The van der Waals surface area contributed by atoms with Crippen molar-refractivity contribution in [2.75, 3.05) is 0 Å². The molecule has 0 aliphatic carbocycles. The second-order valence-electron chi connectivity index (χ2n) is 23.1. The molecule has 3 aromatic heterocycles. The predicted molar refractivity (Wildman–Crippen MR) is 364 cm³/mol. The maximum Gasteiger partial charge on any atom is 0.252 e. The van der Waals surface area contributed by atoms with Gasteiger partial charge in [0, 0.05) is 49.6 Å². The fourth-order valence-electron chi connectivity index (χ4n) is 14.5. The molecule has 0 saturated heterocycles. The van der Waals surface area contributed by atoms with Crippen molar-refractivity contribution in [3.8, 4) is 112 Å². The Balaban J connectivity index is 1.06. The van der Waals surface area contributed by atoms with Crippen LogP contribution in [0.15, 0.2) is 309 Å². The zero-order valence-corrected chi connectivity index (χ0v) is 47.3. The Morgan fingerprint density at radius 1 is 0.241 bits per heavy atom. The van der Waals surface area contributed by atoms with Gasteiger partial charge in [-0.15, -0.1) is 0 Å². The Hall–Kier alpha value is -11.4. The number of rotatable bonds is 9. The van der Waals surface area contributed by atoms with Gasteiger partial charge in [0.15, 0.2) is 5.82 Å². The maximum absolute atomic E-state index is 5.64. The van der Waals surface area contributed by atoms with E-state index in [1.54, 1.807) is 0 Å². The summed E-state index contributed by atoms with van der Waals surface area (Å²) >= 11 is 0. The molecule has 2 aliphatic heterocycles. The molecule has 5 heterocycles. The fraction of sp³-hybridized carbons (Fsp3) is 0. The van der Waals surface area contributed by atoms with Crippen LogP contribution in [0.3, 0.4) is 0 Å². The van der Waals surface area contributed by atoms with E-state index in [0.717, 1.165) is 72.7 Å². The van der Waals surface area contributed by atoms with Gasteiger partial charge in [-0.05, 0) is 126 Å². The second kappa shape index (κ2) is 19.6. The fourth-order valence-corrected chi connectivity index (χ4v) is 14.5. The number of benzene rings is 13. The topological polar surface area (TPSA) is 35.6 Å². The van der Waals surface area contributed by atoms with E-state index in [4.69, 9.17) is 9.97 Å². The van der Waals surface area contributed by atoms with E-state index in [0.29, 0.717) is 5.82 Å². The molecule has 18 rings (SSSR count). The van der Waals surface area contributed by atoms with Gasteiger partial charge < -0.3 is 9.13 Å². The zero-order valence-electron chi connectivity index (χ0n) is 47.3. The molecule has 0 atom stereocenters. The third-order valence-electron chi connectivity index (χ3n) is 18.3. The summed E-state index contributed by atoms with van der Waals surface area (Å²) in [7, 11) is 0. The highest BCUT2D eigenvalue weighted by Gasteiger charge is 2.43. The van der Waals surface area contributed by atoms with E-state index >= 15 is 0 Å². The van der Waals surface area contributed by atoms with Crippen LogP contribution in [-0.4, -0.2) is 25.8 Å². The summed E-state index contributed by atoms with van der Waals surface area (Å²) < 4.78 is 5.28. The lowest BCUT2D eigenvalue weighted by Gasteiger charge is -2.34. The quantitative estimate of drug-likeness (QED) is 0.135. The molecule has 0 radical (unpaired) electrons. The lowest BCUT2D eigenvalue weighted by atomic mass is 9.34. The van der Waals surface area contributed by atoms with Gasteiger partial charge in [0.2, 0.25) is 0 Å². The highest BCUT2D eigenvalue weighted by molar-refractivity contribution is 7.00. The average molecular weight is 1100 g/mol. The van der Waals surface area contributed by atoms with Crippen molar-refractivity contribution in [2.24, 2.45) is 0 Å². The normalized spacial score (nSPS) is 12.1. The molecule has 16 aromatic rings. The minimum Gasteiger partial charge on any atom is -0.310 e. The number of fused-ring (bicyclic) bond motifs is 10. The molecule has 5 heteroatoms. The number of hydrogen-bond donors (Lipinski definition) is 0. The summed E-state index contributed by atoms with van der Waals surface area (Å²) in [5, 5.41) is 4.91. The molecule has 402 valence electrons. The zero-order chi connectivity index (χ0) is 57.1. The van der Waals surface area contributed by atoms with Crippen molar-refractivity contribution in [3.05, 3.63) is 309 Å². The van der Waals surface area contributed by atoms with Gasteiger partial charge in [0.25, 0.3) is 6.71 Å². The van der Waals surface area contributed by atoms with Crippen LogP contribution in [0.1, 0.15) is 0 Å². The van der Waals surface area contributed by atoms with Gasteiger partial charge in [-0.3, -0.25) is 0 Å². The molecule has 2 aliphatic rings. The number of hydrogen-bond acceptors (Lipinski definition) is 2. The minimum atomic E-state index is -0.170. The Labute approximate surface area is 504 Å². The van der Waals surface area contributed by atoms with Crippen LogP contribution in [0.5, 0.6) is 0 Å².